The number of ether oxygens (including phenoxy) is 1. The fourth-order valence-electron chi connectivity index (χ4n) is 1.14. The molecule has 2 heteroatoms. The molecule has 0 aromatic heterocycles. The molecule has 0 aliphatic rings. The standard InChI is InChI=1S/C12H19NO/c1-10-5-4-6-11(9-10)14-8-7-12(2,3)13/h4-6,9H,7-8,13H2,1-3H3. The highest BCUT2D eigenvalue weighted by Gasteiger charge is 2.09. The molecule has 0 aliphatic carbocycles. The second-order valence-electron chi connectivity index (χ2n) is 4.40. The number of nitrogens with two attached hydrogens (primary N) is 1. The maximum atomic E-state index is 5.85. The van der Waals surface area contributed by atoms with Crippen LogP contribution >= 0.6 is 0 Å². The number of benzene rings is 1. The third-order valence-electron chi connectivity index (χ3n) is 2.00. The summed E-state index contributed by atoms with van der Waals surface area (Å²) in [6.07, 6.45) is 0.862. The van der Waals surface area contributed by atoms with E-state index in [1.54, 1.807) is 0 Å². The molecule has 1 aromatic carbocycles. The molecule has 1 aromatic rings. The summed E-state index contributed by atoms with van der Waals surface area (Å²) in [6, 6.07) is 8.05. The van der Waals surface area contributed by atoms with Crippen LogP contribution < -0.4 is 10.5 Å². The monoisotopic (exact) mass is 193 g/mol. The molecule has 0 saturated carbocycles. The van der Waals surface area contributed by atoms with E-state index in [2.05, 4.69) is 13.0 Å². The highest BCUT2D eigenvalue weighted by molar-refractivity contribution is 5.27. The lowest BCUT2D eigenvalue weighted by Crippen LogP contribution is -2.33. The third kappa shape index (κ3) is 4.28. The lowest BCUT2D eigenvalue weighted by molar-refractivity contribution is 0.274. The first-order valence-corrected chi connectivity index (χ1v) is 4.96. The van der Waals surface area contributed by atoms with Gasteiger partial charge in [-0.1, -0.05) is 12.1 Å². The topological polar surface area (TPSA) is 35.2 Å². The largest absolute Gasteiger partial charge is 0.494 e. The van der Waals surface area contributed by atoms with Crippen molar-refractivity contribution in [1.29, 1.82) is 0 Å². The predicted molar refractivity (Wildman–Crippen MR) is 59.6 cm³/mol. The van der Waals surface area contributed by atoms with E-state index in [0.717, 1.165) is 12.2 Å². The molecule has 0 atom stereocenters. The molecule has 78 valence electrons. The van der Waals surface area contributed by atoms with Gasteiger partial charge in [0.1, 0.15) is 5.75 Å². The van der Waals surface area contributed by atoms with Crippen molar-refractivity contribution >= 4 is 0 Å². The lowest BCUT2D eigenvalue weighted by atomic mass is 10.0. The smallest absolute Gasteiger partial charge is 0.119 e. The number of hydrogen-bond acceptors (Lipinski definition) is 2. The SMILES string of the molecule is Cc1cccc(OCCC(C)(C)N)c1. The molecule has 0 saturated heterocycles. The molecule has 14 heavy (non-hydrogen) atoms. The Hall–Kier alpha value is -1.02. The van der Waals surface area contributed by atoms with Crippen LogP contribution in [-0.4, -0.2) is 12.1 Å². The van der Waals surface area contributed by atoms with Crippen LogP contribution in [0.2, 0.25) is 0 Å². The van der Waals surface area contributed by atoms with Crippen LogP contribution in [0.1, 0.15) is 25.8 Å². The molecule has 0 spiro atoms. The van der Waals surface area contributed by atoms with E-state index in [1.165, 1.54) is 5.56 Å². The van der Waals surface area contributed by atoms with Crippen molar-refractivity contribution in [2.75, 3.05) is 6.61 Å². The van der Waals surface area contributed by atoms with E-state index >= 15 is 0 Å². The predicted octanol–water partition coefficient (Wildman–Crippen LogP) is 2.50. The Balaban J connectivity index is 2.39. The zero-order chi connectivity index (χ0) is 10.6. The minimum Gasteiger partial charge on any atom is -0.494 e. The van der Waals surface area contributed by atoms with E-state index in [9.17, 15) is 0 Å². The van der Waals surface area contributed by atoms with Crippen molar-refractivity contribution in [3.05, 3.63) is 29.8 Å². The van der Waals surface area contributed by atoms with Crippen LogP contribution in [-0.2, 0) is 0 Å². The molecule has 0 radical (unpaired) electrons. The van der Waals surface area contributed by atoms with Gasteiger partial charge in [0.25, 0.3) is 0 Å². The second kappa shape index (κ2) is 4.47. The summed E-state index contributed by atoms with van der Waals surface area (Å²) in [5, 5.41) is 0. The molecular formula is C12H19NO. The van der Waals surface area contributed by atoms with Gasteiger partial charge in [-0.25, -0.2) is 0 Å². The fraction of sp³-hybridized carbons (Fsp3) is 0.500. The van der Waals surface area contributed by atoms with Gasteiger partial charge >= 0.3 is 0 Å². The highest BCUT2D eigenvalue weighted by atomic mass is 16.5. The molecular weight excluding hydrogens is 174 g/mol. The van der Waals surface area contributed by atoms with Crippen LogP contribution in [0, 0.1) is 6.92 Å². The summed E-state index contributed by atoms with van der Waals surface area (Å²) >= 11 is 0. The summed E-state index contributed by atoms with van der Waals surface area (Å²) in [5.41, 5.74) is 6.92. The zero-order valence-corrected chi connectivity index (χ0v) is 9.21. The van der Waals surface area contributed by atoms with E-state index in [-0.39, 0.29) is 5.54 Å². The molecule has 0 bridgehead atoms. The Bertz CT molecular complexity index is 289. The van der Waals surface area contributed by atoms with E-state index in [0.29, 0.717) is 6.61 Å². The summed E-state index contributed by atoms with van der Waals surface area (Å²) in [5.74, 6) is 0.925. The Morgan fingerprint density at radius 2 is 2.07 bits per heavy atom. The van der Waals surface area contributed by atoms with E-state index < -0.39 is 0 Å². The quantitative estimate of drug-likeness (QED) is 0.797. The van der Waals surface area contributed by atoms with Crippen LogP contribution in [0.25, 0.3) is 0 Å². The fourth-order valence-corrected chi connectivity index (χ4v) is 1.14. The van der Waals surface area contributed by atoms with Gasteiger partial charge < -0.3 is 10.5 Å². The van der Waals surface area contributed by atoms with Crippen molar-refractivity contribution in [1.82, 2.24) is 0 Å². The van der Waals surface area contributed by atoms with Gasteiger partial charge in [0, 0.05) is 5.54 Å². The average molecular weight is 193 g/mol. The normalized spacial score (nSPS) is 11.4. The van der Waals surface area contributed by atoms with E-state index in [1.807, 2.05) is 32.0 Å². The number of hydrogen-bond donors (Lipinski definition) is 1. The Morgan fingerprint density at radius 1 is 1.36 bits per heavy atom. The van der Waals surface area contributed by atoms with Gasteiger partial charge in [-0.3, -0.25) is 0 Å². The lowest BCUT2D eigenvalue weighted by Gasteiger charge is -2.18. The first-order valence-electron chi connectivity index (χ1n) is 4.96. The summed E-state index contributed by atoms with van der Waals surface area (Å²) in [6.45, 7) is 6.74. The molecule has 2 N–H and O–H groups in total. The first kappa shape index (κ1) is 11.1. The van der Waals surface area contributed by atoms with Gasteiger partial charge in [0.2, 0.25) is 0 Å². The highest BCUT2D eigenvalue weighted by Crippen LogP contribution is 2.13. The third-order valence-corrected chi connectivity index (χ3v) is 2.00. The molecule has 0 aliphatic heterocycles. The first-order chi connectivity index (χ1) is 6.47. The Kier molecular flexibility index (Phi) is 3.53. The maximum absolute atomic E-state index is 5.85. The van der Waals surface area contributed by atoms with Crippen molar-refractivity contribution in [3.63, 3.8) is 0 Å². The van der Waals surface area contributed by atoms with Gasteiger partial charge in [0.15, 0.2) is 0 Å². The summed E-state index contributed by atoms with van der Waals surface area (Å²) in [7, 11) is 0. The summed E-state index contributed by atoms with van der Waals surface area (Å²) < 4.78 is 5.58. The van der Waals surface area contributed by atoms with Crippen LogP contribution in [0.15, 0.2) is 24.3 Å². The molecule has 0 amide bonds. The molecule has 0 unspecified atom stereocenters. The number of rotatable bonds is 4. The minimum absolute atomic E-state index is 0.149. The minimum atomic E-state index is -0.149. The number of aryl methyl sites for hydroxylation is 1. The molecule has 2 nitrogen and oxygen atoms in total. The molecule has 0 heterocycles. The van der Waals surface area contributed by atoms with Crippen LogP contribution in [0.3, 0.4) is 0 Å². The van der Waals surface area contributed by atoms with Gasteiger partial charge in [-0.15, -0.1) is 0 Å². The molecule has 1 rings (SSSR count). The van der Waals surface area contributed by atoms with E-state index in [4.69, 9.17) is 10.5 Å². The second-order valence-corrected chi connectivity index (χ2v) is 4.40. The maximum Gasteiger partial charge on any atom is 0.119 e. The van der Waals surface area contributed by atoms with Gasteiger partial charge in [0.05, 0.1) is 6.61 Å². The average Bonchev–Trinajstić information content (AvgIpc) is 2.01. The van der Waals surface area contributed by atoms with Gasteiger partial charge in [-0.2, -0.15) is 0 Å². The van der Waals surface area contributed by atoms with Crippen LogP contribution in [0.5, 0.6) is 5.75 Å². The zero-order valence-electron chi connectivity index (χ0n) is 9.21. The van der Waals surface area contributed by atoms with Crippen molar-refractivity contribution in [2.24, 2.45) is 5.73 Å². The Labute approximate surface area is 86.1 Å². The van der Waals surface area contributed by atoms with Crippen LogP contribution in [0.4, 0.5) is 0 Å². The van der Waals surface area contributed by atoms with Crippen molar-refractivity contribution < 1.29 is 4.74 Å². The van der Waals surface area contributed by atoms with Crippen molar-refractivity contribution in [3.8, 4) is 5.75 Å². The van der Waals surface area contributed by atoms with Gasteiger partial charge in [-0.05, 0) is 44.9 Å². The Morgan fingerprint density at radius 3 is 2.64 bits per heavy atom. The van der Waals surface area contributed by atoms with Crippen molar-refractivity contribution in [2.45, 2.75) is 32.7 Å². The molecule has 0 fully saturated rings. The summed E-state index contributed by atoms with van der Waals surface area (Å²) in [4.78, 5) is 0.